The summed E-state index contributed by atoms with van der Waals surface area (Å²) in [6.45, 7) is 4.42. The van der Waals surface area contributed by atoms with Gasteiger partial charge < -0.3 is 10.6 Å². The summed E-state index contributed by atoms with van der Waals surface area (Å²) in [6.07, 6.45) is 0.962. The predicted octanol–water partition coefficient (Wildman–Crippen LogP) is 3.06. The highest BCUT2D eigenvalue weighted by molar-refractivity contribution is 7.17. The molecule has 0 atom stereocenters. The van der Waals surface area contributed by atoms with E-state index in [0.717, 1.165) is 13.0 Å². The van der Waals surface area contributed by atoms with Crippen LogP contribution < -0.4 is 10.6 Å². The van der Waals surface area contributed by atoms with Crippen LogP contribution in [0, 0.1) is 12.7 Å². The number of halogens is 1. The van der Waals surface area contributed by atoms with Crippen molar-refractivity contribution in [3.05, 3.63) is 34.6 Å². The van der Waals surface area contributed by atoms with Gasteiger partial charge in [-0.25, -0.2) is 4.39 Å². The minimum atomic E-state index is -0.388. The van der Waals surface area contributed by atoms with Gasteiger partial charge in [-0.05, 0) is 25.5 Å². The summed E-state index contributed by atoms with van der Waals surface area (Å²) in [4.78, 5) is 12.0. The number of hydrogen-bond acceptors (Lipinski definition) is 5. The molecule has 7 heteroatoms. The van der Waals surface area contributed by atoms with Gasteiger partial charge in [-0.1, -0.05) is 24.3 Å². The van der Waals surface area contributed by atoms with Crippen molar-refractivity contribution >= 4 is 28.1 Å². The number of nitrogens with one attached hydrogen (secondary N) is 2. The normalized spacial score (nSPS) is 10.3. The Hall–Kier alpha value is -2.02. The fourth-order valence-corrected chi connectivity index (χ4v) is 2.20. The summed E-state index contributed by atoms with van der Waals surface area (Å²) in [5.41, 5.74) is 0.836. The highest BCUT2D eigenvalue weighted by atomic mass is 32.1. The van der Waals surface area contributed by atoms with Crippen molar-refractivity contribution in [2.45, 2.75) is 20.3 Å². The molecule has 0 saturated heterocycles. The molecular weight excluding hydrogens is 279 g/mol. The lowest BCUT2D eigenvalue weighted by Crippen LogP contribution is -2.12. The summed E-state index contributed by atoms with van der Waals surface area (Å²) in [7, 11) is 0. The Labute approximate surface area is 120 Å². The first-order valence-corrected chi connectivity index (χ1v) is 7.07. The van der Waals surface area contributed by atoms with Crippen LogP contribution >= 0.6 is 11.3 Å². The molecule has 5 nitrogen and oxygen atoms in total. The average Bonchev–Trinajstić information content (AvgIpc) is 2.90. The Morgan fingerprint density at radius 3 is 2.95 bits per heavy atom. The largest absolute Gasteiger partial charge is 0.360 e. The maximum absolute atomic E-state index is 13.4. The number of carbonyl (C=O) groups is 1. The molecule has 0 fully saturated rings. The molecule has 1 amide bonds. The van der Waals surface area contributed by atoms with Crippen LogP contribution in [0.15, 0.2) is 18.2 Å². The molecule has 2 rings (SSSR count). The van der Waals surface area contributed by atoms with Crippen LogP contribution in [0.3, 0.4) is 0 Å². The van der Waals surface area contributed by atoms with Gasteiger partial charge in [0.25, 0.3) is 5.91 Å². The first-order valence-electron chi connectivity index (χ1n) is 6.25. The molecule has 0 radical (unpaired) electrons. The molecule has 2 N–H and O–H groups in total. The Morgan fingerprint density at radius 2 is 2.20 bits per heavy atom. The Balaban J connectivity index is 2.08. The molecule has 1 aromatic carbocycles. The van der Waals surface area contributed by atoms with Crippen LogP contribution in [0.5, 0.6) is 0 Å². The molecule has 0 spiro atoms. The zero-order chi connectivity index (χ0) is 14.5. The second-order valence-electron chi connectivity index (χ2n) is 4.21. The SMILES string of the molecule is CCCNc1nnc(C(=O)Nc2cccc(F)c2C)s1. The highest BCUT2D eigenvalue weighted by Gasteiger charge is 2.14. The molecule has 0 unspecified atom stereocenters. The van der Waals surface area contributed by atoms with Gasteiger partial charge in [0.1, 0.15) is 5.82 Å². The van der Waals surface area contributed by atoms with Gasteiger partial charge in [0.05, 0.1) is 0 Å². The van der Waals surface area contributed by atoms with E-state index in [0.29, 0.717) is 16.4 Å². The zero-order valence-electron chi connectivity index (χ0n) is 11.2. The van der Waals surface area contributed by atoms with Crippen molar-refractivity contribution in [3.8, 4) is 0 Å². The van der Waals surface area contributed by atoms with E-state index in [1.807, 2.05) is 6.92 Å². The first kappa shape index (κ1) is 14.4. The lowest BCUT2D eigenvalue weighted by molar-refractivity contribution is 0.102. The van der Waals surface area contributed by atoms with Crippen LogP contribution in [0.4, 0.5) is 15.2 Å². The van der Waals surface area contributed by atoms with Crippen molar-refractivity contribution in [2.24, 2.45) is 0 Å². The number of amides is 1. The third kappa shape index (κ3) is 3.30. The van der Waals surface area contributed by atoms with E-state index in [9.17, 15) is 9.18 Å². The highest BCUT2D eigenvalue weighted by Crippen LogP contribution is 2.20. The third-order valence-electron chi connectivity index (χ3n) is 2.66. The molecule has 0 bridgehead atoms. The van der Waals surface area contributed by atoms with Crippen molar-refractivity contribution in [3.63, 3.8) is 0 Å². The molecule has 1 aromatic heterocycles. The molecule has 0 aliphatic carbocycles. The number of aromatic nitrogens is 2. The van der Waals surface area contributed by atoms with Gasteiger partial charge in [0, 0.05) is 17.8 Å². The van der Waals surface area contributed by atoms with Gasteiger partial charge in [-0.15, -0.1) is 10.2 Å². The minimum Gasteiger partial charge on any atom is -0.360 e. The summed E-state index contributed by atoms with van der Waals surface area (Å²) < 4.78 is 13.4. The number of rotatable bonds is 5. The zero-order valence-corrected chi connectivity index (χ0v) is 12.1. The number of anilines is 2. The lowest BCUT2D eigenvalue weighted by Gasteiger charge is -2.06. The van der Waals surface area contributed by atoms with Crippen molar-refractivity contribution < 1.29 is 9.18 Å². The van der Waals surface area contributed by atoms with Gasteiger partial charge in [0.2, 0.25) is 10.1 Å². The molecule has 106 valence electrons. The van der Waals surface area contributed by atoms with Crippen LogP contribution in [0.2, 0.25) is 0 Å². The second kappa shape index (κ2) is 6.42. The van der Waals surface area contributed by atoms with E-state index in [2.05, 4.69) is 20.8 Å². The van der Waals surface area contributed by atoms with E-state index < -0.39 is 0 Å². The molecule has 20 heavy (non-hydrogen) atoms. The first-order chi connectivity index (χ1) is 9.61. The summed E-state index contributed by atoms with van der Waals surface area (Å²) in [6, 6.07) is 4.54. The molecule has 0 aliphatic rings. The minimum absolute atomic E-state index is 0.243. The van der Waals surface area contributed by atoms with Crippen LogP contribution in [0.1, 0.15) is 28.7 Å². The standard InChI is InChI=1S/C13H15FN4OS/c1-3-7-15-13-18-17-12(20-13)11(19)16-10-6-4-5-9(14)8(10)2/h4-6H,3,7H2,1-2H3,(H,15,18)(H,16,19). The fourth-order valence-electron chi connectivity index (χ4n) is 1.54. The van der Waals surface area contributed by atoms with E-state index in [-0.39, 0.29) is 16.7 Å². The number of nitrogens with zero attached hydrogens (tertiary/aromatic N) is 2. The molecular formula is C13H15FN4OS. The maximum Gasteiger partial charge on any atom is 0.286 e. The van der Waals surface area contributed by atoms with Crippen molar-refractivity contribution in [1.82, 2.24) is 10.2 Å². The Bertz CT molecular complexity index is 614. The quantitative estimate of drug-likeness (QED) is 0.889. The fraction of sp³-hybridized carbons (Fsp3) is 0.308. The average molecular weight is 294 g/mol. The molecule has 0 saturated carbocycles. The molecule has 1 heterocycles. The van der Waals surface area contributed by atoms with Crippen molar-refractivity contribution in [1.29, 1.82) is 0 Å². The van der Waals surface area contributed by atoms with Gasteiger partial charge in [0.15, 0.2) is 0 Å². The van der Waals surface area contributed by atoms with Crippen LogP contribution in [-0.2, 0) is 0 Å². The Kier molecular flexibility index (Phi) is 4.62. The Morgan fingerprint density at radius 1 is 1.40 bits per heavy atom. The molecule has 0 aliphatic heterocycles. The third-order valence-corrected chi connectivity index (χ3v) is 3.54. The van der Waals surface area contributed by atoms with E-state index in [1.165, 1.54) is 17.4 Å². The van der Waals surface area contributed by atoms with Gasteiger partial charge >= 0.3 is 0 Å². The number of carbonyl (C=O) groups excluding carboxylic acids is 1. The van der Waals surface area contributed by atoms with Gasteiger partial charge in [-0.2, -0.15) is 0 Å². The monoisotopic (exact) mass is 294 g/mol. The summed E-state index contributed by atoms with van der Waals surface area (Å²) in [5, 5.41) is 14.2. The van der Waals surface area contributed by atoms with E-state index in [4.69, 9.17) is 0 Å². The number of hydrogen-bond donors (Lipinski definition) is 2. The summed E-state index contributed by atoms with van der Waals surface area (Å²) >= 11 is 1.17. The predicted molar refractivity (Wildman–Crippen MR) is 77.8 cm³/mol. The lowest BCUT2D eigenvalue weighted by atomic mass is 10.2. The molecule has 2 aromatic rings. The van der Waals surface area contributed by atoms with Gasteiger partial charge in [-0.3, -0.25) is 4.79 Å². The smallest absolute Gasteiger partial charge is 0.286 e. The topological polar surface area (TPSA) is 66.9 Å². The summed E-state index contributed by atoms with van der Waals surface area (Å²) in [5.74, 6) is -0.744. The van der Waals surface area contributed by atoms with Crippen LogP contribution in [-0.4, -0.2) is 22.6 Å². The van der Waals surface area contributed by atoms with Crippen molar-refractivity contribution in [2.75, 3.05) is 17.2 Å². The number of benzene rings is 1. The maximum atomic E-state index is 13.4. The van der Waals surface area contributed by atoms with E-state index >= 15 is 0 Å². The van der Waals surface area contributed by atoms with E-state index in [1.54, 1.807) is 19.1 Å². The van der Waals surface area contributed by atoms with Crippen LogP contribution in [0.25, 0.3) is 0 Å². The second-order valence-corrected chi connectivity index (χ2v) is 5.18.